The fourth-order valence-electron chi connectivity index (χ4n) is 2.41. The molecule has 1 aliphatic heterocycles. The topological polar surface area (TPSA) is 34.5 Å². The number of ether oxygens (including phenoxy) is 1. The molecule has 104 valence electrons. The molecule has 1 fully saturated rings. The lowest BCUT2D eigenvalue weighted by molar-refractivity contribution is 0.0605. The SMILES string of the molecule is CC1(C)COCN1C(=O)c1ccc(-n2cccc2)cc1. The summed E-state index contributed by atoms with van der Waals surface area (Å²) in [4.78, 5) is 14.3. The number of rotatable bonds is 2. The Morgan fingerprint density at radius 3 is 2.35 bits per heavy atom. The maximum atomic E-state index is 12.5. The minimum atomic E-state index is -0.240. The van der Waals surface area contributed by atoms with Crippen molar-refractivity contribution < 1.29 is 9.53 Å². The van der Waals surface area contributed by atoms with Crippen molar-refractivity contribution in [3.8, 4) is 5.69 Å². The van der Waals surface area contributed by atoms with Crippen molar-refractivity contribution in [1.82, 2.24) is 9.47 Å². The molecule has 2 aromatic rings. The summed E-state index contributed by atoms with van der Waals surface area (Å²) in [6.45, 7) is 4.99. The van der Waals surface area contributed by atoms with Gasteiger partial charge >= 0.3 is 0 Å². The summed E-state index contributed by atoms with van der Waals surface area (Å²) >= 11 is 0. The lowest BCUT2D eigenvalue weighted by atomic mass is 10.0. The van der Waals surface area contributed by atoms with E-state index in [1.165, 1.54) is 0 Å². The average Bonchev–Trinajstić information content (AvgIpc) is 3.07. The Morgan fingerprint density at radius 2 is 1.80 bits per heavy atom. The Balaban J connectivity index is 1.83. The monoisotopic (exact) mass is 270 g/mol. The Hall–Kier alpha value is -2.07. The molecule has 0 atom stereocenters. The molecule has 0 aliphatic carbocycles. The first-order valence-electron chi connectivity index (χ1n) is 6.71. The van der Waals surface area contributed by atoms with Crippen LogP contribution >= 0.6 is 0 Å². The van der Waals surface area contributed by atoms with E-state index in [0.717, 1.165) is 5.69 Å². The van der Waals surface area contributed by atoms with Gasteiger partial charge in [0.25, 0.3) is 5.91 Å². The number of nitrogens with zero attached hydrogens (tertiary/aromatic N) is 2. The van der Waals surface area contributed by atoms with Gasteiger partial charge in [0, 0.05) is 23.6 Å². The summed E-state index contributed by atoms with van der Waals surface area (Å²) in [5.41, 5.74) is 1.50. The van der Waals surface area contributed by atoms with Crippen LogP contribution in [0.15, 0.2) is 48.8 Å². The van der Waals surface area contributed by atoms with Crippen LogP contribution in [0, 0.1) is 0 Å². The van der Waals surface area contributed by atoms with Crippen molar-refractivity contribution in [1.29, 1.82) is 0 Å². The van der Waals surface area contributed by atoms with Crippen LogP contribution < -0.4 is 0 Å². The van der Waals surface area contributed by atoms with Crippen LogP contribution in [0.25, 0.3) is 5.69 Å². The number of carbonyl (C=O) groups is 1. The zero-order chi connectivity index (χ0) is 14.2. The first-order valence-corrected chi connectivity index (χ1v) is 6.71. The van der Waals surface area contributed by atoms with Gasteiger partial charge in [-0.25, -0.2) is 0 Å². The molecule has 0 bridgehead atoms. The molecule has 4 nitrogen and oxygen atoms in total. The van der Waals surface area contributed by atoms with E-state index in [9.17, 15) is 4.79 Å². The third kappa shape index (κ3) is 2.23. The molecule has 2 heterocycles. The molecule has 0 spiro atoms. The van der Waals surface area contributed by atoms with Gasteiger partial charge in [-0.3, -0.25) is 4.79 Å². The number of hydrogen-bond acceptors (Lipinski definition) is 2. The third-order valence-electron chi connectivity index (χ3n) is 3.67. The van der Waals surface area contributed by atoms with Crippen LogP contribution in [0.2, 0.25) is 0 Å². The molecule has 1 amide bonds. The highest BCUT2D eigenvalue weighted by atomic mass is 16.5. The Labute approximate surface area is 118 Å². The van der Waals surface area contributed by atoms with Crippen molar-refractivity contribution in [2.45, 2.75) is 19.4 Å². The zero-order valence-electron chi connectivity index (χ0n) is 11.7. The lowest BCUT2D eigenvalue weighted by Gasteiger charge is -2.29. The molecule has 1 aromatic heterocycles. The summed E-state index contributed by atoms with van der Waals surface area (Å²) in [6, 6.07) is 11.6. The lowest BCUT2D eigenvalue weighted by Crippen LogP contribution is -2.44. The van der Waals surface area contributed by atoms with Gasteiger partial charge in [-0.05, 0) is 50.2 Å². The van der Waals surface area contributed by atoms with Crippen molar-refractivity contribution in [2.24, 2.45) is 0 Å². The predicted molar refractivity (Wildman–Crippen MR) is 76.8 cm³/mol. The predicted octanol–water partition coefficient (Wildman–Crippen LogP) is 2.69. The molecule has 4 heteroatoms. The number of aromatic nitrogens is 1. The normalized spacial score (nSPS) is 17.4. The van der Waals surface area contributed by atoms with E-state index in [1.54, 1.807) is 4.90 Å². The maximum absolute atomic E-state index is 12.5. The first-order chi connectivity index (χ1) is 9.58. The molecule has 1 saturated heterocycles. The summed E-state index contributed by atoms with van der Waals surface area (Å²) in [7, 11) is 0. The van der Waals surface area contributed by atoms with Crippen molar-refractivity contribution in [3.63, 3.8) is 0 Å². The highest BCUT2D eigenvalue weighted by Crippen LogP contribution is 2.24. The summed E-state index contributed by atoms with van der Waals surface area (Å²) in [6.07, 6.45) is 3.96. The van der Waals surface area contributed by atoms with E-state index < -0.39 is 0 Å². The second-order valence-electron chi connectivity index (χ2n) is 5.66. The maximum Gasteiger partial charge on any atom is 0.256 e. The van der Waals surface area contributed by atoms with Crippen LogP contribution in [-0.4, -0.2) is 34.3 Å². The number of benzene rings is 1. The Bertz CT molecular complexity index is 600. The average molecular weight is 270 g/mol. The van der Waals surface area contributed by atoms with Gasteiger partial charge in [-0.2, -0.15) is 0 Å². The van der Waals surface area contributed by atoms with Crippen molar-refractivity contribution in [2.75, 3.05) is 13.3 Å². The first kappa shape index (κ1) is 12.9. The second-order valence-corrected chi connectivity index (χ2v) is 5.66. The van der Waals surface area contributed by atoms with Gasteiger partial charge in [0.05, 0.1) is 12.1 Å². The summed E-state index contributed by atoms with van der Waals surface area (Å²) in [5.74, 6) is 0.0200. The third-order valence-corrected chi connectivity index (χ3v) is 3.67. The minimum Gasteiger partial charge on any atom is -0.359 e. The van der Waals surface area contributed by atoms with E-state index in [0.29, 0.717) is 18.9 Å². The van der Waals surface area contributed by atoms with Gasteiger partial charge < -0.3 is 14.2 Å². The molecule has 0 unspecified atom stereocenters. The summed E-state index contributed by atoms with van der Waals surface area (Å²) < 4.78 is 7.41. The molecule has 1 aliphatic rings. The molecular weight excluding hydrogens is 252 g/mol. The van der Waals surface area contributed by atoms with Crippen LogP contribution in [0.4, 0.5) is 0 Å². The quantitative estimate of drug-likeness (QED) is 0.841. The summed E-state index contributed by atoms with van der Waals surface area (Å²) in [5, 5.41) is 0. The molecule has 20 heavy (non-hydrogen) atoms. The van der Waals surface area contributed by atoms with Crippen LogP contribution in [0.1, 0.15) is 24.2 Å². The van der Waals surface area contributed by atoms with E-state index in [4.69, 9.17) is 4.74 Å². The highest BCUT2D eigenvalue weighted by Gasteiger charge is 2.36. The molecule has 0 saturated carbocycles. The molecular formula is C16H18N2O2. The van der Waals surface area contributed by atoms with E-state index in [-0.39, 0.29) is 11.4 Å². The van der Waals surface area contributed by atoms with E-state index >= 15 is 0 Å². The number of hydrogen-bond donors (Lipinski definition) is 0. The van der Waals surface area contributed by atoms with Crippen LogP contribution in [-0.2, 0) is 4.74 Å². The van der Waals surface area contributed by atoms with Crippen LogP contribution in [0.5, 0.6) is 0 Å². The minimum absolute atomic E-state index is 0.0200. The molecule has 0 N–H and O–H groups in total. The Kier molecular flexibility index (Phi) is 3.10. The van der Waals surface area contributed by atoms with Crippen molar-refractivity contribution >= 4 is 5.91 Å². The largest absolute Gasteiger partial charge is 0.359 e. The Morgan fingerprint density at radius 1 is 1.15 bits per heavy atom. The molecule has 0 radical (unpaired) electrons. The van der Waals surface area contributed by atoms with E-state index in [1.807, 2.05) is 67.2 Å². The van der Waals surface area contributed by atoms with Gasteiger partial charge in [-0.1, -0.05) is 0 Å². The fraction of sp³-hybridized carbons (Fsp3) is 0.312. The van der Waals surface area contributed by atoms with Gasteiger partial charge in [0.2, 0.25) is 0 Å². The second kappa shape index (κ2) is 4.80. The number of carbonyl (C=O) groups excluding carboxylic acids is 1. The van der Waals surface area contributed by atoms with Gasteiger partial charge in [0.1, 0.15) is 6.73 Å². The zero-order valence-corrected chi connectivity index (χ0v) is 11.7. The fourth-order valence-corrected chi connectivity index (χ4v) is 2.41. The van der Waals surface area contributed by atoms with Crippen LogP contribution in [0.3, 0.4) is 0 Å². The van der Waals surface area contributed by atoms with Gasteiger partial charge in [-0.15, -0.1) is 0 Å². The van der Waals surface area contributed by atoms with Crippen molar-refractivity contribution in [3.05, 3.63) is 54.4 Å². The van der Waals surface area contributed by atoms with E-state index in [2.05, 4.69) is 0 Å². The number of amides is 1. The standard InChI is InChI=1S/C16H18N2O2/c1-16(2)11-20-12-18(16)15(19)13-5-7-14(8-6-13)17-9-3-4-10-17/h3-10H,11-12H2,1-2H3. The highest BCUT2D eigenvalue weighted by molar-refractivity contribution is 5.95. The van der Waals surface area contributed by atoms with Gasteiger partial charge in [0.15, 0.2) is 0 Å². The molecule has 3 rings (SSSR count). The molecule has 1 aromatic carbocycles. The smallest absolute Gasteiger partial charge is 0.256 e.